The van der Waals surface area contributed by atoms with Gasteiger partial charge in [0.05, 0.1) is 0 Å². The van der Waals surface area contributed by atoms with Crippen LogP contribution in [-0.2, 0) is 0 Å². The first-order valence-corrected chi connectivity index (χ1v) is 4.28. The number of halogens is 1. The lowest BCUT2D eigenvalue weighted by atomic mass is 10.3. The summed E-state index contributed by atoms with van der Waals surface area (Å²) in [6, 6.07) is 2.04. The van der Waals surface area contributed by atoms with Crippen molar-refractivity contribution in [3.63, 3.8) is 0 Å². The highest BCUT2D eigenvalue weighted by atomic mass is 79.9. The molecule has 1 rings (SSSR count). The summed E-state index contributed by atoms with van der Waals surface area (Å²) in [5.74, 6) is 0. The topological polar surface area (TPSA) is 0 Å². The van der Waals surface area contributed by atoms with Crippen molar-refractivity contribution in [1.82, 2.24) is 0 Å². The molecule has 0 atom stereocenters. The van der Waals surface area contributed by atoms with Gasteiger partial charge in [-0.1, -0.05) is 6.58 Å². The Hall–Kier alpha value is -0.0800. The summed E-state index contributed by atoms with van der Waals surface area (Å²) in [5.41, 5.74) is 1.12. The predicted octanol–water partition coefficient (Wildman–Crippen LogP) is 3.54. The van der Waals surface area contributed by atoms with E-state index < -0.39 is 0 Å². The molecule has 0 aromatic carbocycles. The van der Waals surface area contributed by atoms with Crippen LogP contribution in [0.2, 0.25) is 0 Å². The molecule has 0 bridgehead atoms. The molecule has 48 valence electrons. The van der Waals surface area contributed by atoms with E-state index in [1.807, 2.05) is 18.4 Å². The molecule has 0 aliphatic rings. The summed E-state index contributed by atoms with van der Waals surface area (Å²) < 4.78 is 1.15. The second kappa shape index (κ2) is 2.67. The summed E-state index contributed by atoms with van der Waals surface area (Å²) in [4.78, 5) is 1.25. The van der Waals surface area contributed by atoms with Crippen LogP contribution in [0.5, 0.6) is 0 Å². The SMILES string of the molecule is C=C(C)c1sccc1Br. The van der Waals surface area contributed by atoms with Crippen LogP contribution in [-0.4, -0.2) is 0 Å². The first kappa shape index (κ1) is 7.03. The molecule has 9 heavy (non-hydrogen) atoms. The van der Waals surface area contributed by atoms with E-state index in [-0.39, 0.29) is 0 Å². The molecular weight excluding hydrogens is 196 g/mol. The van der Waals surface area contributed by atoms with Crippen molar-refractivity contribution in [2.75, 3.05) is 0 Å². The van der Waals surface area contributed by atoms with Crippen LogP contribution in [0.1, 0.15) is 11.8 Å². The molecule has 0 spiro atoms. The van der Waals surface area contributed by atoms with Crippen LogP contribution in [0.4, 0.5) is 0 Å². The summed E-state index contributed by atoms with van der Waals surface area (Å²) in [7, 11) is 0. The fourth-order valence-corrected chi connectivity index (χ4v) is 2.25. The summed E-state index contributed by atoms with van der Waals surface area (Å²) in [6.07, 6.45) is 0. The minimum Gasteiger partial charge on any atom is -0.143 e. The molecule has 0 aliphatic carbocycles. The molecular formula is C7H7BrS. The first-order valence-electron chi connectivity index (χ1n) is 2.60. The predicted molar refractivity (Wildman–Crippen MR) is 46.7 cm³/mol. The summed E-state index contributed by atoms with van der Waals surface area (Å²) >= 11 is 5.13. The number of rotatable bonds is 1. The van der Waals surface area contributed by atoms with Crippen molar-refractivity contribution < 1.29 is 0 Å². The smallest absolute Gasteiger partial charge is 0.0435 e. The lowest BCUT2D eigenvalue weighted by Crippen LogP contribution is -1.67. The maximum absolute atomic E-state index is 3.84. The Kier molecular flexibility index (Phi) is 2.09. The molecule has 2 heteroatoms. The van der Waals surface area contributed by atoms with E-state index in [0.717, 1.165) is 10.0 Å². The monoisotopic (exact) mass is 202 g/mol. The fraction of sp³-hybridized carbons (Fsp3) is 0.143. The third kappa shape index (κ3) is 1.43. The molecule has 0 saturated heterocycles. The molecule has 1 aromatic rings. The van der Waals surface area contributed by atoms with Gasteiger partial charge in [0, 0.05) is 9.35 Å². The van der Waals surface area contributed by atoms with Gasteiger partial charge in [-0.05, 0) is 39.9 Å². The van der Waals surface area contributed by atoms with Crippen molar-refractivity contribution in [1.29, 1.82) is 0 Å². The molecule has 0 fully saturated rings. The maximum Gasteiger partial charge on any atom is 0.0435 e. The molecule has 1 heterocycles. The van der Waals surface area contributed by atoms with Crippen molar-refractivity contribution >= 4 is 32.8 Å². The van der Waals surface area contributed by atoms with Gasteiger partial charge in [0.25, 0.3) is 0 Å². The van der Waals surface area contributed by atoms with Gasteiger partial charge in [-0.15, -0.1) is 11.3 Å². The lowest BCUT2D eigenvalue weighted by molar-refractivity contribution is 1.70. The van der Waals surface area contributed by atoms with Crippen LogP contribution in [0.15, 0.2) is 22.5 Å². The highest BCUT2D eigenvalue weighted by Crippen LogP contribution is 2.27. The van der Waals surface area contributed by atoms with Crippen LogP contribution in [0.3, 0.4) is 0 Å². The van der Waals surface area contributed by atoms with Gasteiger partial charge >= 0.3 is 0 Å². The van der Waals surface area contributed by atoms with Crippen LogP contribution in [0.25, 0.3) is 5.57 Å². The first-order chi connectivity index (χ1) is 4.22. The quantitative estimate of drug-likeness (QED) is 0.654. The highest BCUT2D eigenvalue weighted by molar-refractivity contribution is 9.10. The fourth-order valence-electron chi connectivity index (χ4n) is 0.598. The Bertz CT molecular complexity index is 225. The third-order valence-corrected chi connectivity index (χ3v) is 3.00. The van der Waals surface area contributed by atoms with Crippen molar-refractivity contribution in [2.45, 2.75) is 6.92 Å². The third-order valence-electron chi connectivity index (χ3n) is 1.00. The Balaban J connectivity index is 3.08. The number of hydrogen-bond acceptors (Lipinski definition) is 1. The summed E-state index contributed by atoms with van der Waals surface area (Å²) in [6.45, 7) is 5.85. The zero-order valence-corrected chi connectivity index (χ0v) is 7.55. The molecule has 1 aromatic heterocycles. The molecule has 0 N–H and O–H groups in total. The minimum absolute atomic E-state index is 1.12. The Morgan fingerprint density at radius 1 is 1.78 bits per heavy atom. The van der Waals surface area contributed by atoms with Gasteiger partial charge in [-0.3, -0.25) is 0 Å². The molecule has 0 nitrogen and oxygen atoms in total. The van der Waals surface area contributed by atoms with E-state index in [1.165, 1.54) is 4.88 Å². The van der Waals surface area contributed by atoms with E-state index in [0.29, 0.717) is 0 Å². The zero-order chi connectivity index (χ0) is 6.85. The number of thiophene rings is 1. The average molecular weight is 203 g/mol. The summed E-state index contributed by atoms with van der Waals surface area (Å²) in [5, 5.41) is 2.05. The Morgan fingerprint density at radius 3 is 2.67 bits per heavy atom. The van der Waals surface area contributed by atoms with Gasteiger partial charge in [-0.2, -0.15) is 0 Å². The van der Waals surface area contributed by atoms with Crippen molar-refractivity contribution in [3.05, 3.63) is 27.4 Å². The van der Waals surface area contributed by atoms with Gasteiger partial charge in [-0.25, -0.2) is 0 Å². The standard InChI is InChI=1S/C7H7BrS/c1-5(2)7-6(8)3-4-9-7/h3-4H,1H2,2H3. The molecule has 0 amide bonds. The molecule has 0 saturated carbocycles. The molecule has 0 aliphatic heterocycles. The number of allylic oxidation sites excluding steroid dienone is 1. The maximum atomic E-state index is 3.84. The van der Waals surface area contributed by atoms with E-state index >= 15 is 0 Å². The van der Waals surface area contributed by atoms with Gasteiger partial charge < -0.3 is 0 Å². The lowest BCUT2D eigenvalue weighted by Gasteiger charge is -1.91. The van der Waals surface area contributed by atoms with Crippen molar-refractivity contribution in [2.24, 2.45) is 0 Å². The average Bonchev–Trinajstić information content (AvgIpc) is 2.13. The van der Waals surface area contributed by atoms with E-state index in [4.69, 9.17) is 0 Å². The van der Waals surface area contributed by atoms with Crippen molar-refractivity contribution in [3.8, 4) is 0 Å². The van der Waals surface area contributed by atoms with Crippen LogP contribution >= 0.6 is 27.3 Å². The second-order valence-electron chi connectivity index (χ2n) is 1.88. The molecule has 0 unspecified atom stereocenters. The zero-order valence-electron chi connectivity index (χ0n) is 5.15. The van der Waals surface area contributed by atoms with Gasteiger partial charge in [0.2, 0.25) is 0 Å². The van der Waals surface area contributed by atoms with Crippen LogP contribution in [0, 0.1) is 0 Å². The van der Waals surface area contributed by atoms with E-state index in [9.17, 15) is 0 Å². The van der Waals surface area contributed by atoms with Gasteiger partial charge in [0.1, 0.15) is 0 Å². The van der Waals surface area contributed by atoms with Crippen LogP contribution < -0.4 is 0 Å². The molecule has 0 radical (unpaired) electrons. The minimum atomic E-state index is 1.12. The van der Waals surface area contributed by atoms with E-state index in [1.54, 1.807) is 11.3 Å². The van der Waals surface area contributed by atoms with E-state index in [2.05, 4.69) is 22.5 Å². The Morgan fingerprint density at radius 2 is 2.44 bits per heavy atom. The normalized spacial score (nSPS) is 9.56. The highest BCUT2D eigenvalue weighted by Gasteiger charge is 1.98. The number of hydrogen-bond donors (Lipinski definition) is 0. The van der Waals surface area contributed by atoms with Gasteiger partial charge in [0.15, 0.2) is 0 Å². The Labute approximate surface area is 67.3 Å². The largest absolute Gasteiger partial charge is 0.143 e. The second-order valence-corrected chi connectivity index (χ2v) is 3.65.